The van der Waals surface area contributed by atoms with E-state index in [1.807, 2.05) is 0 Å². The van der Waals surface area contributed by atoms with Crippen LogP contribution >= 0.6 is 22.4 Å². The Hall–Kier alpha value is -0.880. The molecule has 0 aliphatic rings. The van der Waals surface area contributed by atoms with Crippen LogP contribution in [0.3, 0.4) is 0 Å². The van der Waals surface area contributed by atoms with E-state index in [1.165, 1.54) is 19.2 Å². The van der Waals surface area contributed by atoms with Crippen molar-refractivity contribution in [3.8, 4) is 0 Å². The average Bonchev–Trinajstić information content (AvgIpc) is 2.37. The fourth-order valence-corrected chi connectivity index (χ4v) is 4.41. The summed E-state index contributed by atoms with van der Waals surface area (Å²) in [5, 5.41) is 11.0. The molecule has 1 N–H and O–H groups in total. The van der Waals surface area contributed by atoms with Gasteiger partial charge in [-0.2, -0.15) is 0 Å². The summed E-state index contributed by atoms with van der Waals surface area (Å²) >= 11 is 0.909. The third-order valence-electron chi connectivity index (χ3n) is 2.29. The summed E-state index contributed by atoms with van der Waals surface area (Å²) in [6.45, 7) is 0. The number of nitro benzene ring substituents is 1. The van der Waals surface area contributed by atoms with Gasteiger partial charge in [-0.25, -0.2) is 21.6 Å². The van der Waals surface area contributed by atoms with Gasteiger partial charge >= 0.3 is 0 Å². The van der Waals surface area contributed by atoms with Crippen LogP contribution in [0.2, 0.25) is 0 Å². The molecule has 1 aromatic rings. The topological polar surface area (TPSA) is 123 Å². The van der Waals surface area contributed by atoms with Crippen LogP contribution < -0.4 is 4.72 Å². The molecule has 0 saturated heterocycles. The molecule has 0 bridgehead atoms. The van der Waals surface area contributed by atoms with Gasteiger partial charge in [0.1, 0.15) is 0 Å². The van der Waals surface area contributed by atoms with Gasteiger partial charge in [0.05, 0.1) is 20.5 Å². The SMILES string of the molecule is CNS(=O)(=O)c1ccc(SCCS(=O)(=O)Cl)c([N+](=O)[O-])c1. The molecule has 0 aromatic heterocycles. The number of thioether (sulfide) groups is 1. The van der Waals surface area contributed by atoms with Gasteiger partial charge in [-0.05, 0) is 19.2 Å². The highest BCUT2D eigenvalue weighted by Gasteiger charge is 2.21. The van der Waals surface area contributed by atoms with Crippen LogP contribution in [0.25, 0.3) is 0 Å². The third-order valence-corrected chi connectivity index (χ3v) is 6.18. The number of hydrogen-bond donors (Lipinski definition) is 1. The summed E-state index contributed by atoms with van der Waals surface area (Å²) in [6, 6.07) is 3.38. The first-order valence-corrected chi connectivity index (χ1v) is 10.3. The lowest BCUT2D eigenvalue weighted by molar-refractivity contribution is -0.388. The Morgan fingerprint density at radius 1 is 1.33 bits per heavy atom. The van der Waals surface area contributed by atoms with Crippen molar-refractivity contribution in [2.24, 2.45) is 0 Å². The minimum atomic E-state index is -3.80. The second-order valence-electron chi connectivity index (χ2n) is 3.69. The average molecular weight is 375 g/mol. The summed E-state index contributed by atoms with van der Waals surface area (Å²) in [4.78, 5) is 10.2. The standard InChI is InChI=1S/C9H11ClN2O6S3/c1-11-21(17,18)7-2-3-9(8(6-7)12(13)14)19-4-5-20(10,15)16/h2-3,6,11H,4-5H2,1H3. The Morgan fingerprint density at radius 3 is 2.43 bits per heavy atom. The first-order valence-electron chi connectivity index (χ1n) is 5.34. The second kappa shape index (κ2) is 6.92. The number of nitrogens with zero attached hydrogens (tertiary/aromatic N) is 1. The summed E-state index contributed by atoms with van der Waals surface area (Å²) < 4.78 is 46.8. The first-order chi connectivity index (χ1) is 9.57. The van der Waals surface area contributed by atoms with E-state index in [0.29, 0.717) is 0 Å². The Kier molecular flexibility index (Phi) is 5.99. The first kappa shape index (κ1) is 18.2. The van der Waals surface area contributed by atoms with E-state index in [0.717, 1.165) is 17.8 Å². The number of halogens is 1. The van der Waals surface area contributed by atoms with Crippen LogP contribution in [-0.4, -0.2) is 40.3 Å². The van der Waals surface area contributed by atoms with Gasteiger partial charge in [0, 0.05) is 22.5 Å². The zero-order valence-electron chi connectivity index (χ0n) is 10.6. The summed E-state index contributed by atoms with van der Waals surface area (Å²) in [5.41, 5.74) is -0.414. The molecular weight excluding hydrogens is 364 g/mol. The van der Waals surface area contributed by atoms with Crippen LogP contribution in [0.5, 0.6) is 0 Å². The van der Waals surface area contributed by atoms with Gasteiger partial charge < -0.3 is 0 Å². The second-order valence-corrected chi connectivity index (χ2v) is 9.61. The highest BCUT2D eigenvalue weighted by atomic mass is 35.7. The zero-order chi connectivity index (χ0) is 16.3. The summed E-state index contributed by atoms with van der Waals surface area (Å²) in [7, 11) is -1.25. The summed E-state index contributed by atoms with van der Waals surface area (Å²) in [6.07, 6.45) is 0. The minimum Gasteiger partial charge on any atom is -0.258 e. The van der Waals surface area contributed by atoms with Crippen LogP contribution in [0.4, 0.5) is 5.69 Å². The minimum absolute atomic E-state index is 0.0186. The molecule has 0 radical (unpaired) electrons. The quantitative estimate of drug-likeness (QED) is 0.328. The number of rotatable bonds is 7. The number of hydrogen-bond acceptors (Lipinski definition) is 7. The molecule has 0 unspecified atom stereocenters. The van der Waals surface area contributed by atoms with Crippen molar-refractivity contribution in [2.45, 2.75) is 9.79 Å². The molecule has 0 saturated carbocycles. The maximum Gasteiger partial charge on any atom is 0.284 e. The molecule has 21 heavy (non-hydrogen) atoms. The van der Waals surface area contributed by atoms with Gasteiger partial charge in [-0.15, -0.1) is 11.8 Å². The third kappa shape index (κ3) is 5.43. The van der Waals surface area contributed by atoms with Crippen molar-refractivity contribution in [1.29, 1.82) is 0 Å². The Bertz CT molecular complexity index is 747. The molecule has 1 rings (SSSR count). The maximum absolute atomic E-state index is 11.6. The lowest BCUT2D eigenvalue weighted by Gasteiger charge is -2.06. The fraction of sp³-hybridized carbons (Fsp3) is 0.333. The van der Waals surface area contributed by atoms with Crippen LogP contribution in [0, 0.1) is 10.1 Å². The molecule has 0 amide bonds. The number of sulfonamides is 1. The van der Waals surface area contributed by atoms with Crippen molar-refractivity contribution in [3.63, 3.8) is 0 Å². The molecule has 118 valence electrons. The van der Waals surface area contributed by atoms with Crippen molar-refractivity contribution in [1.82, 2.24) is 4.72 Å². The molecule has 0 spiro atoms. The number of benzene rings is 1. The van der Waals surface area contributed by atoms with E-state index in [4.69, 9.17) is 10.7 Å². The van der Waals surface area contributed by atoms with E-state index in [2.05, 4.69) is 4.72 Å². The van der Waals surface area contributed by atoms with Gasteiger partial charge in [0.2, 0.25) is 19.1 Å². The highest BCUT2D eigenvalue weighted by molar-refractivity contribution is 8.14. The lowest BCUT2D eigenvalue weighted by atomic mass is 10.3. The maximum atomic E-state index is 11.6. The smallest absolute Gasteiger partial charge is 0.258 e. The van der Waals surface area contributed by atoms with Crippen molar-refractivity contribution < 1.29 is 21.8 Å². The molecular formula is C9H11ClN2O6S3. The monoisotopic (exact) mass is 374 g/mol. The predicted octanol–water partition coefficient (Wildman–Crippen LogP) is 1.16. The van der Waals surface area contributed by atoms with E-state index >= 15 is 0 Å². The van der Waals surface area contributed by atoms with Crippen LogP contribution in [0.1, 0.15) is 0 Å². The molecule has 0 atom stereocenters. The van der Waals surface area contributed by atoms with Gasteiger partial charge in [-0.1, -0.05) is 0 Å². The van der Waals surface area contributed by atoms with E-state index in [9.17, 15) is 26.9 Å². The predicted molar refractivity (Wildman–Crippen MR) is 79.7 cm³/mol. The molecule has 0 heterocycles. The molecule has 0 fully saturated rings. The number of nitrogens with one attached hydrogen (secondary N) is 1. The molecule has 0 aliphatic heterocycles. The molecule has 1 aromatic carbocycles. The van der Waals surface area contributed by atoms with E-state index < -0.39 is 29.7 Å². The largest absolute Gasteiger partial charge is 0.284 e. The molecule has 0 aliphatic carbocycles. The lowest BCUT2D eigenvalue weighted by Crippen LogP contribution is -2.18. The summed E-state index contributed by atoms with van der Waals surface area (Å²) in [5.74, 6) is -0.336. The van der Waals surface area contributed by atoms with Crippen molar-refractivity contribution in [3.05, 3.63) is 28.3 Å². The molecule has 8 nitrogen and oxygen atoms in total. The van der Waals surface area contributed by atoms with Crippen molar-refractivity contribution in [2.75, 3.05) is 18.6 Å². The van der Waals surface area contributed by atoms with Crippen LogP contribution in [0.15, 0.2) is 28.0 Å². The van der Waals surface area contributed by atoms with Gasteiger partial charge in [-0.3, -0.25) is 10.1 Å². The number of nitro groups is 1. The Balaban J connectivity index is 3.09. The van der Waals surface area contributed by atoms with Gasteiger partial charge in [0.25, 0.3) is 5.69 Å². The molecule has 12 heteroatoms. The Labute approximate surface area is 130 Å². The highest BCUT2D eigenvalue weighted by Crippen LogP contribution is 2.31. The van der Waals surface area contributed by atoms with Crippen molar-refractivity contribution >= 4 is 47.2 Å². The van der Waals surface area contributed by atoms with E-state index in [-0.39, 0.29) is 21.3 Å². The Morgan fingerprint density at radius 2 is 1.95 bits per heavy atom. The van der Waals surface area contributed by atoms with E-state index in [1.54, 1.807) is 0 Å². The normalized spacial score (nSPS) is 12.3. The van der Waals surface area contributed by atoms with Crippen LogP contribution in [-0.2, 0) is 19.1 Å². The zero-order valence-corrected chi connectivity index (χ0v) is 13.9. The van der Waals surface area contributed by atoms with Gasteiger partial charge in [0.15, 0.2) is 0 Å². The fourth-order valence-electron chi connectivity index (χ4n) is 1.30.